The highest BCUT2D eigenvalue weighted by Gasteiger charge is 2.20. The summed E-state index contributed by atoms with van der Waals surface area (Å²) in [6.45, 7) is 3.73. The van der Waals surface area contributed by atoms with Gasteiger partial charge in [0, 0.05) is 48.2 Å². The van der Waals surface area contributed by atoms with Gasteiger partial charge in [-0.3, -0.25) is 25.1 Å². The van der Waals surface area contributed by atoms with Crippen molar-refractivity contribution in [3.05, 3.63) is 66.0 Å². The van der Waals surface area contributed by atoms with E-state index in [1.807, 2.05) is 26.0 Å². The molecule has 0 fully saturated rings. The Bertz CT molecular complexity index is 1840. The maximum Gasteiger partial charge on any atom is 0.259 e. The molecule has 1 N–H and O–H groups in total. The molecule has 0 spiro atoms. The van der Waals surface area contributed by atoms with Gasteiger partial charge in [0.15, 0.2) is 15.6 Å². The van der Waals surface area contributed by atoms with Crippen molar-refractivity contribution >= 4 is 42.6 Å². The lowest BCUT2D eigenvalue weighted by Crippen LogP contribution is -2.14. The van der Waals surface area contributed by atoms with Crippen molar-refractivity contribution in [2.45, 2.75) is 18.7 Å². The van der Waals surface area contributed by atoms with E-state index in [0.29, 0.717) is 48.8 Å². The number of nitrogens with zero attached hydrogens (tertiary/aromatic N) is 7. The fourth-order valence-corrected chi connectivity index (χ4v) is 5.38. The van der Waals surface area contributed by atoms with Crippen molar-refractivity contribution in [2.24, 2.45) is 4.36 Å². The molecule has 5 aromatic rings. The van der Waals surface area contributed by atoms with Gasteiger partial charge in [-0.25, -0.2) is 18.5 Å². The van der Waals surface area contributed by atoms with Crippen LogP contribution in [0.2, 0.25) is 0 Å². The van der Waals surface area contributed by atoms with Crippen LogP contribution in [0, 0.1) is 13.8 Å². The Morgan fingerprint density at radius 2 is 1.69 bits per heavy atom. The molecule has 0 aromatic carbocycles. The molecule has 0 radical (unpaired) electrons. The van der Waals surface area contributed by atoms with Crippen LogP contribution in [0.25, 0.3) is 33.0 Å². The zero-order valence-electron chi connectivity index (χ0n) is 21.8. The Balaban J connectivity index is 1.45. The molecule has 0 aliphatic heterocycles. The van der Waals surface area contributed by atoms with Crippen LogP contribution in [0.3, 0.4) is 0 Å². The van der Waals surface area contributed by atoms with Crippen LogP contribution in [0.1, 0.15) is 21.7 Å². The largest absolute Gasteiger partial charge is 0.494 e. The van der Waals surface area contributed by atoms with E-state index < -0.39 is 9.73 Å². The highest BCUT2D eigenvalue weighted by atomic mass is 32.2. The van der Waals surface area contributed by atoms with Crippen LogP contribution in [-0.4, -0.2) is 60.4 Å². The molecular weight excluding hydrogens is 536 g/mol. The van der Waals surface area contributed by atoms with Gasteiger partial charge in [-0.1, -0.05) is 11.3 Å². The third-order valence-corrected chi connectivity index (χ3v) is 8.59. The van der Waals surface area contributed by atoms with Gasteiger partial charge in [-0.05, 0) is 38.1 Å². The number of ether oxygens (including phenoxy) is 1. The predicted molar refractivity (Wildman–Crippen MR) is 151 cm³/mol. The predicted octanol–water partition coefficient (Wildman–Crippen LogP) is 4.57. The first-order valence-electron chi connectivity index (χ1n) is 11.7. The molecule has 5 aromatic heterocycles. The standard InChI is InChI=1S/C26H24N8O3S2/c1-14-8-17(18-9-15(2)29-13-22(18)37-4)19(11-28-14)24(35)34-26-33-23-25(38-26)32-21(12-31-23)20-7-6-16(10-30-20)39(5,36)27-3/h6-13H,1-5H3,(H,31,33,34,35). The second-order valence-electron chi connectivity index (χ2n) is 8.62. The average Bonchev–Trinajstić information content (AvgIpc) is 3.34. The van der Waals surface area contributed by atoms with Crippen molar-refractivity contribution in [2.75, 3.05) is 25.7 Å². The number of hydrogen-bond donors (Lipinski definition) is 1. The number of carbonyl (C=O) groups is 1. The fraction of sp³-hybridized carbons (Fsp3) is 0.192. The van der Waals surface area contributed by atoms with Gasteiger partial charge in [0.1, 0.15) is 11.4 Å². The molecule has 1 atom stereocenters. The van der Waals surface area contributed by atoms with E-state index >= 15 is 0 Å². The third kappa shape index (κ3) is 5.31. The van der Waals surface area contributed by atoms with E-state index in [1.165, 1.54) is 30.8 Å². The topological polar surface area (TPSA) is 145 Å². The van der Waals surface area contributed by atoms with Crippen molar-refractivity contribution in [3.63, 3.8) is 0 Å². The van der Waals surface area contributed by atoms with E-state index in [0.717, 1.165) is 17.0 Å². The van der Waals surface area contributed by atoms with Crippen LogP contribution in [0.4, 0.5) is 5.13 Å². The Morgan fingerprint density at radius 1 is 0.949 bits per heavy atom. The minimum atomic E-state index is -2.48. The van der Waals surface area contributed by atoms with Crippen molar-refractivity contribution in [3.8, 4) is 28.3 Å². The number of pyridine rings is 3. The molecule has 0 aliphatic rings. The molecule has 11 nitrogen and oxygen atoms in total. The molecule has 0 saturated heterocycles. The van der Waals surface area contributed by atoms with Gasteiger partial charge in [0.05, 0.1) is 45.4 Å². The number of thiazole rings is 1. The SMILES string of the molecule is CN=S(C)(=O)c1ccc(-c2cnc3nc(NC(=O)c4cnc(C)cc4-c4cc(C)ncc4OC)sc3n2)nc1. The second-order valence-corrected chi connectivity index (χ2v) is 12.0. The smallest absolute Gasteiger partial charge is 0.259 e. The summed E-state index contributed by atoms with van der Waals surface area (Å²) in [5.41, 5.74) is 4.80. The normalized spacial score (nSPS) is 12.6. The number of amides is 1. The molecule has 0 aliphatic carbocycles. The molecule has 0 bridgehead atoms. The maximum atomic E-state index is 13.4. The summed E-state index contributed by atoms with van der Waals surface area (Å²) in [6.07, 6.45) is 7.82. The quantitative estimate of drug-likeness (QED) is 0.316. The molecule has 1 amide bonds. The summed E-state index contributed by atoms with van der Waals surface area (Å²) in [7, 11) is 0.599. The molecule has 0 saturated carbocycles. The van der Waals surface area contributed by atoms with Gasteiger partial charge in [-0.2, -0.15) is 4.98 Å². The van der Waals surface area contributed by atoms with Crippen LogP contribution in [-0.2, 0) is 9.73 Å². The van der Waals surface area contributed by atoms with Gasteiger partial charge in [-0.15, -0.1) is 0 Å². The van der Waals surface area contributed by atoms with Gasteiger partial charge in [0.2, 0.25) is 0 Å². The first kappa shape index (κ1) is 26.3. The number of methoxy groups -OCH3 is 1. The van der Waals surface area contributed by atoms with E-state index in [-0.39, 0.29) is 5.91 Å². The van der Waals surface area contributed by atoms with Gasteiger partial charge < -0.3 is 4.74 Å². The van der Waals surface area contributed by atoms with Crippen LogP contribution >= 0.6 is 11.3 Å². The first-order valence-corrected chi connectivity index (χ1v) is 14.4. The van der Waals surface area contributed by atoms with Crippen molar-refractivity contribution < 1.29 is 13.7 Å². The summed E-state index contributed by atoms with van der Waals surface area (Å²) in [4.78, 5) is 40.9. The molecule has 5 heterocycles. The summed E-state index contributed by atoms with van der Waals surface area (Å²) in [5, 5.41) is 3.20. The molecule has 39 heavy (non-hydrogen) atoms. The zero-order chi connectivity index (χ0) is 27.7. The molecule has 5 rings (SSSR count). The van der Waals surface area contributed by atoms with E-state index in [2.05, 4.69) is 39.6 Å². The number of aryl methyl sites for hydroxylation is 2. The number of anilines is 1. The zero-order valence-corrected chi connectivity index (χ0v) is 23.4. The van der Waals surface area contributed by atoms with E-state index in [9.17, 15) is 9.00 Å². The molecule has 1 unspecified atom stereocenters. The summed E-state index contributed by atoms with van der Waals surface area (Å²) < 4.78 is 21.9. The summed E-state index contributed by atoms with van der Waals surface area (Å²) in [5.74, 6) is 0.170. The maximum absolute atomic E-state index is 13.4. The van der Waals surface area contributed by atoms with Crippen molar-refractivity contribution in [1.29, 1.82) is 0 Å². The highest BCUT2D eigenvalue weighted by Crippen LogP contribution is 2.33. The average molecular weight is 561 g/mol. The fourth-order valence-electron chi connectivity index (χ4n) is 3.81. The Kier molecular flexibility index (Phi) is 7.02. The Hall–Kier alpha value is -4.36. The number of hydrogen-bond acceptors (Lipinski definition) is 11. The van der Waals surface area contributed by atoms with Gasteiger partial charge in [0.25, 0.3) is 5.91 Å². The summed E-state index contributed by atoms with van der Waals surface area (Å²) in [6, 6.07) is 7.15. The minimum Gasteiger partial charge on any atom is -0.494 e. The molecule has 198 valence electrons. The van der Waals surface area contributed by atoms with Gasteiger partial charge >= 0.3 is 0 Å². The number of fused-ring (bicyclic) bond motifs is 1. The Morgan fingerprint density at radius 3 is 2.38 bits per heavy atom. The lowest BCUT2D eigenvalue weighted by atomic mass is 9.99. The summed E-state index contributed by atoms with van der Waals surface area (Å²) >= 11 is 1.19. The number of rotatable bonds is 6. The first-order chi connectivity index (χ1) is 18.7. The number of carbonyl (C=O) groups excluding carboxylic acids is 1. The minimum absolute atomic E-state index is 0.343. The third-order valence-electron chi connectivity index (χ3n) is 5.93. The van der Waals surface area contributed by atoms with Crippen molar-refractivity contribution in [1.82, 2.24) is 29.9 Å². The van der Waals surface area contributed by atoms with E-state index in [1.54, 1.807) is 37.9 Å². The monoisotopic (exact) mass is 560 g/mol. The van der Waals surface area contributed by atoms with Crippen LogP contribution in [0.15, 0.2) is 58.3 Å². The lowest BCUT2D eigenvalue weighted by Gasteiger charge is -2.13. The molecule has 13 heteroatoms. The van der Waals surface area contributed by atoms with E-state index in [4.69, 9.17) is 4.74 Å². The lowest BCUT2D eigenvalue weighted by molar-refractivity contribution is 0.102. The van der Waals surface area contributed by atoms with Crippen LogP contribution in [0.5, 0.6) is 5.75 Å². The highest BCUT2D eigenvalue weighted by molar-refractivity contribution is 7.93. The Labute approximate surface area is 229 Å². The van der Waals surface area contributed by atoms with Crippen LogP contribution < -0.4 is 10.1 Å². The molecular formula is C26H24N8O3S2. The second kappa shape index (κ2) is 10.4. The number of nitrogens with one attached hydrogen (secondary N) is 1. The number of aromatic nitrogens is 6.